The molecule has 6 nitrogen and oxygen atoms in total. The summed E-state index contributed by atoms with van der Waals surface area (Å²) in [5.41, 5.74) is 0.889. The van der Waals surface area contributed by atoms with Gasteiger partial charge in [-0.1, -0.05) is 12.1 Å². The van der Waals surface area contributed by atoms with Gasteiger partial charge in [-0.25, -0.2) is 13.4 Å². The maximum Gasteiger partial charge on any atom is 0.289 e. The summed E-state index contributed by atoms with van der Waals surface area (Å²) in [6.45, 7) is 0. The molecule has 2 aromatic heterocycles. The van der Waals surface area contributed by atoms with Gasteiger partial charge in [-0.15, -0.1) is 11.3 Å². The van der Waals surface area contributed by atoms with E-state index in [1.54, 1.807) is 19.2 Å². The lowest BCUT2D eigenvalue weighted by atomic mass is 10.2. The van der Waals surface area contributed by atoms with Gasteiger partial charge in [-0.2, -0.15) is 0 Å². The van der Waals surface area contributed by atoms with Crippen molar-refractivity contribution in [3.05, 3.63) is 42.2 Å². The molecule has 0 N–H and O–H groups in total. The van der Waals surface area contributed by atoms with Crippen molar-refractivity contribution in [3.63, 3.8) is 0 Å². The molecule has 1 atom stereocenters. The number of sulfone groups is 1. The Kier molecular flexibility index (Phi) is 3.88. The summed E-state index contributed by atoms with van der Waals surface area (Å²) >= 11 is 1.50. The van der Waals surface area contributed by atoms with Crippen LogP contribution in [0.3, 0.4) is 0 Å². The summed E-state index contributed by atoms with van der Waals surface area (Å²) in [6.07, 6.45) is 0.468. The van der Waals surface area contributed by atoms with Crippen LogP contribution in [-0.4, -0.2) is 48.8 Å². The number of carbonyl (C=O) groups is 1. The molecule has 1 unspecified atom stereocenters. The lowest BCUT2D eigenvalue weighted by Gasteiger charge is -2.22. The fourth-order valence-corrected chi connectivity index (χ4v) is 5.67. The smallest absolute Gasteiger partial charge is 0.289 e. The number of fused-ring (bicyclic) bond motifs is 1. The van der Waals surface area contributed by atoms with E-state index in [1.165, 1.54) is 16.2 Å². The standard InChI is InChI=1S/C17H16N2O4S2/c1-19(11-8-9-25(21,22)10-11)17(20)14-7-6-13(23-14)16-18-12-4-2-3-5-15(12)24-16/h2-7,11H,8-10H2,1H3. The molecule has 130 valence electrons. The zero-order chi connectivity index (χ0) is 17.6. The van der Waals surface area contributed by atoms with E-state index in [1.807, 2.05) is 24.3 Å². The van der Waals surface area contributed by atoms with Crippen molar-refractivity contribution in [1.82, 2.24) is 9.88 Å². The van der Waals surface area contributed by atoms with E-state index in [4.69, 9.17) is 4.42 Å². The summed E-state index contributed by atoms with van der Waals surface area (Å²) in [6, 6.07) is 10.8. The van der Waals surface area contributed by atoms with Crippen LogP contribution in [0.5, 0.6) is 0 Å². The largest absolute Gasteiger partial charge is 0.448 e. The highest BCUT2D eigenvalue weighted by Crippen LogP contribution is 2.31. The predicted octanol–water partition coefficient (Wildman–Crippen LogP) is 2.82. The number of furan rings is 1. The highest BCUT2D eigenvalue weighted by atomic mass is 32.2. The van der Waals surface area contributed by atoms with E-state index in [-0.39, 0.29) is 29.2 Å². The number of rotatable bonds is 3. The minimum Gasteiger partial charge on any atom is -0.448 e. The summed E-state index contributed by atoms with van der Waals surface area (Å²) in [4.78, 5) is 18.6. The Morgan fingerprint density at radius 1 is 1.28 bits per heavy atom. The number of aromatic nitrogens is 1. The molecule has 1 saturated heterocycles. The number of thiazole rings is 1. The number of benzene rings is 1. The molecule has 3 aromatic rings. The molecule has 1 aliphatic rings. The molecule has 1 amide bonds. The number of para-hydroxylation sites is 1. The summed E-state index contributed by atoms with van der Waals surface area (Å²) in [5, 5.41) is 0.714. The van der Waals surface area contributed by atoms with Crippen molar-refractivity contribution < 1.29 is 17.6 Å². The van der Waals surface area contributed by atoms with Crippen LogP contribution >= 0.6 is 11.3 Å². The molecule has 3 heterocycles. The monoisotopic (exact) mass is 376 g/mol. The summed E-state index contributed by atoms with van der Waals surface area (Å²) in [7, 11) is -1.42. The summed E-state index contributed by atoms with van der Waals surface area (Å²) in [5.74, 6) is 0.568. The van der Waals surface area contributed by atoms with Gasteiger partial charge >= 0.3 is 0 Å². The van der Waals surface area contributed by atoms with E-state index in [0.717, 1.165) is 10.2 Å². The number of hydrogen-bond acceptors (Lipinski definition) is 6. The molecule has 8 heteroatoms. The van der Waals surface area contributed by atoms with Crippen LogP contribution in [0, 0.1) is 0 Å². The highest BCUT2D eigenvalue weighted by Gasteiger charge is 2.34. The molecule has 1 aliphatic heterocycles. The van der Waals surface area contributed by atoms with Crippen molar-refractivity contribution in [2.45, 2.75) is 12.5 Å². The van der Waals surface area contributed by atoms with Gasteiger partial charge < -0.3 is 9.32 Å². The van der Waals surface area contributed by atoms with E-state index >= 15 is 0 Å². The molecule has 0 bridgehead atoms. The van der Waals surface area contributed by atoms with Crippen molar-refractivity contribution in [1.29, 1.82) is 0 Å². The fourth-order valence-electron chi connectivity index (χ4n) is 2.97. The van der Waals surface area contributed by atoms with Crippen LogP contribution in [0.4, 0.5) is 0 Å². The highest BCUT2D eigenvalue weighted by molar-refractivity contribution is 7.91. The van der Waals surface area contributed by atoms with E-state index in [9.17, 15) is 13.2 Å². The molecule has 0 radical (unpaired) electrons. The fraction of sp³-hybridized carbons (Fsp3) is 0.294. The van der Waals surface area contributed by atoms with Crippen molar-refractivity contribution >= 4 is 37.3 Å². The Labute approximate surface area is 149 Å². The average molecular weight is 376 g/mol. The predicted molar refractivity (Wildman–Crippen MR) is 96.5 cm³/mol. The molecule has 1 aromatic carbocycles. The normalized spacial score (nSPS) is 19.3. The Balaban J connectivity index is 1.57. The quantitative estimate of drug-likeness (QED) is 0.702. The first kappa shape index (κ1) is 16.3. The zero-order valence-corrected chi connectivity index (χ0v) is 15.1. The van der Waals surface area contributed by atoms with Gasteiger partial charge in [0.2, 0.25) is 0 Å². The van der Waals surface area contributed by atoms with Gasteiger partial charge in [0.25, 0.3) is 5.91 Å². The maximum absolute atomic E-state index is 12.6. The van der Waals surface area contributed by atoms with Crippen LogP contribution in [0.2, 0.25) is 0 Å². The first-order chi connectivity index (χ1) is 11.9. The third-order valence-electron chi connectivity index (χ3n) is 4.40. The Morgan fingerprint density at radius 2 is 2.08 bits per heavy atom. The van der Waals surface area contributed by atoms with Crippen LogP contribution < -0.4 is 0 Å². The van der Waals surface area contributed by atoms with Crippen molar-refractivity contribution in [2.75, 3.05) is 18.6 Å². The van der Waals surface area contributed by atoms with Gasteiger partial charge in [0.05, 0.1) is 21.7 Å². The van der Waals surface area contributed by atoms with E-state index < -0.39 is 9.84 Å². The van der Waals surface area contributed by atoms with Gasteiger partial charge in [-0.05, 0) is 30.7 Å². The van der Waals surface area contributed by atoms with Crippen molar-refractivity contribution in [2.24, 2.45) is 0 Å². The lowest BCUT2D eigenvalue weighted by molar-refractivity contribution is 0.0716. The van der Waals surface area contributed by atoms with E-state index in [0.29, 0.717) is 17.2 Å². The summed E-state index contributed by atoms with van der Waals surface area (Å²) < 4.78 is 30.0. The van der Waals surface area contributed by atoms with Crippen molar-refractivity contribution in [3.8, 4) is 10.8 Å². The molecule has 0 saturated carbocycles. The third kappa shape index (κ3) is 3.07. The minimum atomic E-state index is -3.04. The maximum atomic E-state index is 12.6. The molecule has 0 spiro atoms. The van der Waals surface area contributed by atoms with Gasteiger partial charge in [-0.3, -0.25) is 4.79 Å². The molecule has 25 heavy (non-hydrogen) atoms. The number of amides is 1. The van der Waals surface area contributed by atoms with Gasteiger partial charge in [0, 0.05) is 13.1 Å². The Hall–Kier alpha value is -2.19. The molecule has 1 fully saturated rings. The lowest BCUT2D eigenvalue weighted by Crippen LogP contribution is -2.37. The minimum absolute atomic E-state index is 0.0146. The third-order valence-corrected chi connectivity index (χ3v) is 7.20. The van der Waals surface area contributed by atoms with E-state index in [2.05, 4.69) is 4.98 Å². The second-order valence-electron chi connectivity index (χ2n) is 6.12. The molecule has 4 rings (SSSR count). The number of nitrogens with zero attached hydrogens (tertiary/aromatic N) is 2. The second-order valence-corrected chi connectivity index (χ2v) is 9.38. The van der Waals surface area contributed by atoms with Gasteiger partial charge in [0.15, 0.2) is 26.4 Å². The van der Waals surface area contributed by atoms with Gasteiger partial charge in [0.1, 0.15) is 0 Å². The molecular weight excluding hydrogens is 360 g/mol. The molecular formula is C17H16N2O4S2. The topological polar surface area (TPSA) is 80.5 Å². The molecule has 0 aliphatic carbocycles. The second kappa shape index (κ2) is 5.96. The number of carbonyl (C=O) groups excluding carboxylic acids is 1. The average Bonchev–Trinajstić information content (AvgIpc) is 3.30. The zero-order valence-electron chi connectivity index (χ0n) is 13.5. The van der Waals surface area contributed by atoms with Crippen LogP contribution in [0.1, 0.15) is 17.0 Å². The van der Waals surface area contributed by atoms with Crippen LogP contribution in [0.25, 0.3) is 21.0 Å². The Bertz CT molecular complexity index is 1020. The first-order valence-corrected chi connectivity index (χ1v) is 10.5. The van der Waals surface area contributed by atoms with Crippen LogP contribution in [0.15, 0.2) is 40.8 Å². The SMILES string of the molecule is CN(C(=O)c1ccc(-c2nc3ccccc3s2)o1)C1CCS(=O)(=O)C1. The Morgan fingerprint density at radius 3 is 2.80 bits per heavy atom. The van der Waals surface area contributed by atoms with Crippen LogP contribution in [-0.2, 0) is 9.84 Å². The number of hydrogen-bond donors (Lipinski definition) is 0. The first-order valence-electron chi connectivity index (χ1n) is 7.86.